The van der Waals surface area contributed by atoms with E-state index in [1.807, 2.05) is 11.8 Å². The first-order valence-electron chi connectivity index (χ1n) is 10.7. The van der Waals surface area contributed by atoms with E-state index in [0.717, 1.165) is 25.3 Å². The van der Waals surface area contributed by atoms with Gasteiger partial charge in [0.25, 0.3) is 0 Å². The molecule has 27 heavy (non-hydrogen) atoms. The highest BCUT2D eigenvalue weighted by Crippen LogP contribution is 2.50. The van der Waals surface area contributed by atoms with Crippen LogP contribution in [0.3, 0.4) is 0 Å². The first-order valence-corrected chi connectivity index (χ1v) is 10.7. The Balaban J connectivity index is 1.34. The molecule has 1 saturated heterocycles. The Hall–Kier alpha value is -1.55. The van der Waals surface area contributed by atoms with Crippen molar-refractivity contribution in [3.8, 4) is 5.75 Å². The van der Waals surface area contributed by atoms with Gasteiger partial charge in [-0.05, 0) is 74.0 Å². The molecule has 4 rings (SSSR count). The van der Waals surface area contributed by atoms with Crippen molar-refractivity contribution in [3.05, 3.63) is 29.3 Å². The van der Waals surface area contributed by atoms with Crippen LogP contribution in [0.15, 0.2) is 18.2 Å². The fourth-order valence-electron chi connectivity index (χ4n) is 5.15. The SMILES string of the molecule is CC[C@H](CO)C(=O)N1CC2(CCC(c3ccc(C4CC4)c(OC)c3)CC2)C1. The van der Waals surface area contributed by atoms with Gasteiger partial charge >= 0.3 is 0 Å². The number of ether oxygens (including phenoxy) is 1. The van der Waals surface area contributed by atoms with Crippen LogP contribution in [0.1, 0.15) is 74.8 Å². The molecule has 1 aromatic carbocycles. The van der Waals surface area contributed by atoms with Gasteiger partial charge in [-0.15, -0.1) is 0 Å². The third-order valence-corrected chi connectivity index (χ3v) is 7.22. The number of amides is 1. The molecule has 4 heteroatoms. The lowest BCUT2D eigenvalue weighted by atomic mass is 9.64. The highest BCUT2D eigenvalue weighted by atomic mass is 16.5. The fraction of sp³-hybridized carbons (Fsp3) is 0.696. The van der Waals surface area contributed by atoms with Crippen molar-refractivity contribution in [1.29, 1.82) is 0 Å². The van der Waals surface area contributed by atoms with E-state index < -0.39 is 0 Å². The summed E-state index contributed by atoms with van der Waals surface area (Å²) in [7, 11) is 1.79. The van der Waals surface area contributed by atoms with E-state index in [1.54, 1.807) is 7.11 Å². The van der Waals surface area contributed by atoms with Crippen molar-refractivity contribution >= 4 is 5.91 Å². The van der Waals surface area contributed by atoms with Gasteiger partial charge < -0.3 is 14.7 Å². The molecule has 148 valence electrons. The minimum absolute atomic E-state index is 0.0282. The Morgan fingerprint density at radius 3 is 2.48 bits per heavy atom. The predicted octanol–water partition coefficient (Wildman–Crippen LogP) is 4.08. The largest absolute Gasteiger partial charge is 0.496 e. The maximum atomic E-state index is 12.4. The van der Waals surface area contributed by atoms with Crippen LogP contribution in [0.4, 0.5) is 0 Å². The molecule has 1 heterocycles. The Labute approximate surface area is 162 Å². The van der Waals surface area contributed by atoms with Gasteiger partial charge in [-0.2, -0.15) is 0 Å². The van der Waals surface area contributed by atoms with Crippen LogP contribution in [0, 0.1) is 11.3 Å². The van der Waals surface area contributed by atoms with Gasteiger partial charge in [0.2, 0.25) is 5.91 Å². The topological polar surface area (TPSA) is 49.8 Å². The van der Waals surface area contributed by atoms with Crippen LogP contribution in [0.25, 0.3) is 0 Å². The predicted molar refractivity (Wildman–Crippen MR) is 106 cm³/mol. The van der Waals surface area contributed by atoms with E-state index in [9.17, 15) is 9.90 Å². The third kappa shape index (κ3) is 3.61. The van der Waals surface area contributed by atoms with Gasteiger partial charge in [-0.3, -0.25) is 4.79 Å². The highest BCUT2D eigenvalue weighted by molar-refractivity contribution is 5.80. The number of benzene rings is 1. The van der Waals surface area contributed by atoms with Crippen LogP contribution in [-0.2, 0) is 4.79 Å². The number of aliphatic hydroxyl groups is 1. The molecule has 1 aliphatic heterocycles. The number of aliphatic hydroxyl groups excluding tert-OH is 1. The van der Waals surface area contributed by atoms with Gasteiger partial charge in [-0.25, -0.2) is 0 Å². The lowest BCUT2D eigenvalue weighted by Gasteiger charge is -2.54. The second-order valence-electron chi connectivity index (χ2n) is 9.03. The maximum Gasteiger partial charge on any atom is 0.228 e. The Morgan fingerprint density at radius 2 is 1.93 bits per heavy atom. The summed E-state index contributed by atoms with van der Waals surface area (Å²) in [6.07, 6.45) is 8.11. The summed E-state index contributed by atoms with van der Waals surface area (Å²) in [6, 6.07) is 6.89. The monoisotopic (exact) mass is 371 g/mol. The first-order chi connectivity index (χ1) is 13.1. The lowest BCUT2D eigenvalue weighted by Crippen LogP contribution is -2.60. The van der Waals surface area contributed by atoms with E-state index >= 15 is 0 Å². The summed E-state index contributed by atoms with van der Waals surface area (Å²) in [5.41, 5.74) is 3.14. The molecule has 0 aromatic heterocycles. The molecule has 1 spiro atoms. The van der Waals surface area contributed by atoms with Crippen molar-refractivity contribution < 1.29 is 14.6 Å². The first kappa shape index (κ1) is 18.8. The van der Waals surface area contributed by atoms with E-state index in [4.69, 9.17) is 4.74 Å². The number of rotatable bonds is 6. The van der Waals surface area contributed by atoms with Crippen molar-refractivity contribution in [2.24, 2.45) is 11.3 Å². The zero-order valence-corrected chi connectivity index (χ0v) is 16.7. The second kappa shape index (κ2) is 7.46. The normalized spacial score (nSPS) is 23.1. The number of hydrogen-bond donors (Lipinski definition) is 1. The van der Waals surface area contributed by atoms with Crippen LogP contribution in [0.5, 0.6) is 5.75 Å². The fourth-order valence-corrected chi connectivity index (χ4v) is 5.15. The highest BCUT2D eigenvalue weighted by Gasteiger charge is 2.47. The molecule has 2 saturated carbocycles. The summed E-state index contributed by atoms with van der Waals surface area (Å²) >= 11 is 0. The molecule has 0 bridgehead atoms. The Bertz CT molecular complexity index is 677. The Kier molecular flexibility index (Phi) is 5.19. The Morgan fingerprint density at radius 1 is 1.22 bits per heavy atom. The van der Waals surface area contributed by atoms with Gasteiger partial charge in [0.1, 0.15) is 5.75 Å². The molecular formula is C23H33NO3. The summed E-state index contributed by atoms with van der Waals surface area (Å²) in [5, 5.41) is 9.37. The molecule has 1 atom stereocenters. The van der Waals surface area contributed by atoms with Crippen molar-refractivity contribution in [2.75, 3.05) is 26.8 Å². The third-order valence-electron chi connectivity index (χ3n) is 7.22. The standard InChI is InChI=1S/C23H33NO3/c1-3-16(13-25)22(26)24-14-23(15-24)10-8-17(9-11-23)19-6-7-20(18-4-5-18)21(12-19)27-2/h6-7,12,16-18,25H,3-5,8-11,13-15H2,1-2H3/t16-/m1/s1. The second-order valence-corrected chi connectivity index (χ2v) is 9.03. The summed E-state index contributed by atoms with van der Waals surface area (Å²) in [4.78, 5) is 14.4. The zero-order valence-electron chi connectivity index (χ0n) is 16.7. The van der Waals surface area contributed by atoms with Crippen molar-refractivity contribution in [2.45, 2.75) is 63.7 Å². The van der Waals surface area contributed by atoms with Crippen molar-refractivity contribution in [3.63, 3.8) is 0 Å². The van der Waals surface area contributed by atoms with Gasteiger partial charge in [0.05, 0.1) is 19.6 Å². The van der Waals surface area contributed by atoms with E-state index in [0.29, 0.717) is 17.3 Å². The number of carbonyl (C=O) groups is 1. The van der Waals surface area contributed by atoms with Crippen molar-refractivity contribution in [1.82, 2.24) is 4.90 Å². The number of carbonyl (C=O) groups excluding carboxylic acids is 1. The lowest BCUT2D eigenvalue weighted by molar-refractivity contribution is -0.151. The van der Waals surface area contributed by atoms with Crippen LogP contribution in [0.2, 0.25) is 0 Å². The number of nitrogens with zero attached hydrogens (tertiary/aromatic N) is 1. The molecule has 3 fully saturated rings. The molecule has 2 aliphatic carbocycles. The summed E-state index contributed by atoms with van der Waals surface area (Å²) in [6.45, 7) is 3.72. The number of methoxy groups -OCH3 is 1. The molecule has 1 amide bonds. The molecule has 4 nitrogen and oxygen atoms in total. The molecule has 1 aromatic rings. The zero-order chi connectivity index (χ0) is 19.0. The molecule has 0 radical (unpaired) electrons. The van der Waals surface area contributed by atoms with E-state index in [-0.39, 0.29) is 18.4 Å². The minimum atomic E-state index is -0.212. The molecule has 0 unspecified atom stereocenters. The average molecular weight is 372 g/mol. The van der Waals surface area contributed by atoms with Gasteiger partial charge in [0, 0.05) is 18.5 Å². The molecule has 1 N–H and O–H groups in total. The van der Waals surface area contributed by atoms with Gasteiger partial charge in [0.15, 0.2) is 0 Å². The summed E-state index contributed by atoms with van der Waals surface area (Å²) < 4.78 is 5.67. The van der Waals surface area contributed by atoms with Crippen LogP contribution >= 0.6 is 0 Å². The smallest absolute Gasteiger partial charge is 0.228 e. The summed E-state index contributed by atoms with van der Waals surface area (Å²) in [5.74, 6) is 2.34. The average Bonchev–Trinajstić information content (AvgIpc) is 3.51. The van der Waals surface area contributed by atoms with Gasteiger partial charge in [-0.1, -0.05) is 19.1 Å². The van der Waals surface area contributed by atoms with Crippen LogP contribution in [-0.4, -0.2) is 42.7 Å². The van der Waals surface area contributed by atoms with Crippen LogP contribution < -0.4 is 4.74 Å². The maximum absolute atomic E-state index is 12.4. The molecular weight excluding hydrogens is 338 g/mol. The van der Waals surface area contributed by atoms with E-state index in [2.05, 4.69) is 18.2 Å². The molecule has 3 aliphatic rings. The quantitative estimate of drug-likeness (QED) is 0.820. The minimum Gasteiger partial charge on any atom is -0.496 e. The van der Waals surface area contributed by atoms with E-state index in [1.165, 1.54) is 49.7 Å². The number of likely N-dealkylation sites (tertiary alicyclic amines) is 1. The number of hydrogen-bond acceptors (Lipinski definition) is 3.